The number of anilines is 1. The van der Waals surface area contributed by atoms with Gasteiger partial charge >= 0.3 is 0 Å². The quantitative estimate of drug-likeness (QED) is 0.288. The summed E-state index contributed by atoms with van der Waals surface area (Å²) in [5.74, 6) is 0.185. The first-order valence-electron chi connectivity index (χ1n) is 11.8. The molecular weight excluding hydrogens is 429 g/mol. The molecule has 4 rings (SSSR count). The van der Waals surface area contributed by atoms with Crippen LogP contribution in [-0.4, -0.2) is 19.3 Å². The lowest BCUT2D eigenvalue weighted by Crippen LogP contribution is -2.06. The maximum atomic E-state index is 15.4. The number of hydrogen-bond acceptors (Lipinski definition) is 4. The molecule has 0 saturated carbocycles. The molecule has 0 fully saturated rings. The Morgan fingerprint density at radius 2 is 1.94 bits per heavy atom. The summed E-state index contributed by atoms with van der Waals surface area (Å²) in [6.45, 7) is 8.11. The van der Waals surface area contributed by atoms with Crippen molar-refractivity contribution in [3.05, 3.63) is 65.9 Å². The topological polar surface area (TPSA) is 56.9 Å². The van der Waals surface area contributed by atoms with Crippen molar-refractivity contribution in [2.45, 2.75) is 47.0 Å². The second kappa shape index (κ2) is 11.5. The van der Waals surface area contributed by atoms with Crippen LogP contribution in [0.3, 0.4) is 0 Å². The van der Waals surface area contributed by atoms with Crippen LogP contribution >= 0.6 is 0 Å². The number of nitrogens with zero attached hydrogens (tertiary/aromatic N) is 4. The third kappa shape index (κ3) is 5.30. The molecule has 1 aromatic carbocycles. The standard InChI is InChI=1S/C25H28FN5O.C2H6/c1-5-7-9-18-14-19(21(26)15-17(18)8-6-2)20-16-30(3)25-24(20)22(10-12-27-25)29-32-23-11-13-31(4)28-23;1-2/h6,8,10-16H,5,7,9H2,1-4H3,(H,27,29);1-2H3/b8-6-;. The summed E-state index contributed by atoms with van der Waals surface area (Å²) in [6.07, 6.45) is 12.4. The first-order chi connectivity index (χ1) is 16.5. The molecule has 3 heterocycles. The number of benzene rings is 1. The number of allylic oxidation sites excluding steroid dienone is 1. The summed E-state index contributed by atoms with van der Waals surface area (Å²) in [4.78, 5) is 10.2. The van der Waals surface area contributed by atoms with Crippen LogP contribution in [0.15, 0.2) is 48.9 Å². The first-order valence-corrected chi connectivity index (χ1v) is 11.8. The molecule has 1 N–H and O–H groups in total. The Hall–Kier alpha value is -3.61. The van der Waals surface area contributed by atoms with E-state index in [1.54, 1.807) is 29.2 Å². The van der Waals surface area contributed by atoms with Gasteiger partial charge < -0.3 is 9.40 Å². The molecule has 0 amide bonds. The Bertz CT molecular complexity index is 1270. The van der Waals surface area contributed by atoms with Crippen LogP contribution in [-0.2, 0) is 20.5 Å². The maximum absolute atomic E-state index is 15.4. The van der Waals surface area contributed by atoms with E-state index in [2.05, 4.69) is 22.5 Å². The van der Waals surface area contributed by atoms with E-state index in [4.69, 9.17) is 4.84 Å². The number of halogens is 1. The minimum absolute atomic E-state index is 0.258. The van der Waals surface area contributed by atoms with Crippen molar-refractivity contribution in [2.24, 2.45) is 14.1 Å². The maximum Gasteiger partial charge on any atom is 0.264 e. The van der Waals surface area contributed by atoms with Gasteiger partial charge in [0, 0.05) is 49.9 Å². The highest BCUT2D eigenvalue weighted by atomic mass is 19.1. The van der Waals surface area contributed by atoms with Gasteiger partial charge in [0.25, 0.3) is 5.88 Å². The van der Waals surface area contributed by atoms with E-state index < -0.39 is 0 Å². The predicted molar refractivity (Wildman–Crippen MR) is 138 cm³/mol. The Morgan fingerprint density at radius 3 is 2.62 bits per heavy atom. The van der Waals surface area contributed by atoms with Crippen LogP contribution in [0.25, 0.3) is 28.2 Å². The van der Waals surface area contributed by atoms with Crippen LogP contribution in [0.1, 0.15) is 51.7 Å². The average molecular weight is 464 g/mol. The van der Waals surface area contributed by atoms with Gasteiger partial charge in [-0.25, -0.2) is 14.9 Å². The summed E-state index contributed by atoms with van der Waals surface area (Å²) in [5.41, 5.74) is 7.81. The molecule has 0 aliphatic rings. The van der Waals surface area contributed by atoms with Crippen molar-refractivity contribution in [1.82, 2.24) is 19.3 Å². The zero-order chi connectivity index (χ0) is 24.7. The Morgan fingerprint density at radius 1 is 1.15 bits per heavy atom. The Balaban J connectivity index is 0.00000158. The highest BCUT2D eigenvalue weighted by molar-refractivity contribution is 6.02. The molecule has 6 nitrogen and oxygen atoms in total. The van der Waals surface area contributed by atoms with Crippen LogP contribution < -0.4 is 10.3 Å². The SMILES string of the molecule is C/C=C\c1cc(F)c(-c2cn(C)c3nccc(NOc4ccn(C)n4)c23)cc1CCCC.CC. The van der Waals surface area contributed by atoms with Crippen molar-refractivity contribution in [3.63, 3.8) is 0 Å². The summed E-state index contributed by atoms with van der Waals surface area (Å²) < 4.78 is 18.9. The van der Waals surface area contributed by atoms with Crippen molar-refractivity contribution >= 4 is 22.8 Å². The van der Waals surface area contributed by atoms with Crippen molar-refractivity contribution in [3.8, 4) is 17.0 Å². The van der Waals surface area contributed by atoms with Gasteiger partial charge in [-0.15, -0.1) is 5.10 Å². The fourth-order valence-corrected chi connectivity index (χ4v) is 3.91. The van der Waals surface area contributed by atoms with Gasteiger partial charge in [-0.05, 0) is 49.1 Å². The van der Waals surface area contributed by atoms with Crippen molar-refractivity contribution in [1.29, 1.82) is 0 Å². The summed E-state index contributed by atoms with van der Waals surface area (Å²) >= 11 is 0. The van der Waals surface area contributed by atoms with E-state index in [9.17, 15) is 0 Å². The van der Waals surface area contributed by atoms with Crippen LogP contribution in [0.4, 0.5) is 10.1 Å². The molecule has 0 unspecified atom stereocenters. The van der Waals surface area contributed by atoms with Gasteiger partial charge in [0.1, 0.15) is 11.5 Å². The zero-order valence-corrected chi connectivity index (χ0v) is 20.9. The number of aromatic nitrogens is 4. The van der Waals surface area contributed by atoms with Gasteiger partial charge in [0.2, 0.25) is 0 Å². The van der Waals surface area contributed by atoms with Gasteiger partial charge in [0.15, 0.2) is 0 Å². The average Bonchev–Trinajstić information content (AvgIpc) is 3.42. The first kappa shape index (κ1) is 25.0. The van der Waals surface area contributed by atoms with E-state index in [-0.39, 0.29) is 5.82 Å². The van der Waals surface area contributed by atoms with Gasteiger partial charge in [-0.3, -0.25) is 4.68 Å². The van der Waals surface area contributed by atoms with Crippen molar-refractivity contribution < 1.29 is 9.23 Å². The van der Waals surface area contributed by atoms with E-state index in [1.807, 2.05) is 69.9 Å². The zero-order valence-electron chi connectivity index (χ0n) is 20.9. The van der Waals surface area contributed by atoms with Crippen LogP contribution in [0, 0.1) is 5.82 Å². The predicted octanol–water partition coefficient (Wildman–Crippen LogP) is 6.92. The molecule has 0 bridgehead atoms. The largest absolute Gasteiger partial charge is 0.360 e. The molecule has 0 aliphatic carbocycles. The van der Waals surface area contributed by atoms with E-state index in [1.165, 1.54) is 0 Å². The molecule has 34 heavy (non-hydrogen) atoms. The molecule has 0 spiro atoms. The monoisotopic (exact) mass is 463 g/mol. The third-order valence-electron chi connectivity index (χ3n) is 5.48. The second-order valence-electron chi connectivity index (χ2n) is 7.88. The molecular formula is C27H34FN5O. The van der Waals surface area contributed by atoms with Gasteiger partial charge in [-0.2, -0.15) is 0 Å². The molecule has 0 saturated heterocycles. The fraction of sp³-hybridized carbons (Fsp3) is 0.333. The highest BCUT2D eigenvalue weighted by Crippen LogP contribution is 2.37. The van der Waals surface area contributed by atoms with E-state index in [0.29, 0.717) is 17.1 Å². The van der Waals surface area contributed by atoms with Crippen molar-refractivity contribution in [2.75, 3.05) is 5.48 Å². The number of aryl methyl sites for hydroxylation is 3. The smallest absolute Gasteiger partial charge is 0.264 e. The molecule has 0 aliphatic heterocycles. The summed E-state index contributed by atoms with van der Waals surface area (Å²) in [6, 6.07) is 7.19. The fourth-order valence-electron chi connectivity index (χ4n) is 3.91. The minimum Gasteiger partial charge on any atom is -0.360 e. The number of unbranched alkanes of at least 4 members (excludes halogenated alkanes) is 1. The molecule has 7 heteroatoms. The van der Waals surface area contributed by atoms with E-state index >= 15 is 4.39 Å². The number of rotatable bonds is 8. The minimum atomic E-state index is -0.258. The molecule has 0 radical (unpaired) electrons. The summed E-state index contributed by atoms with van der Waals surface area (Å²) in [5, 5.41) is 5.01. The molecule has 4 aromatic rings. The number of pyridine rings is 1. The number of nitrogens with one attached hydrogen (secondary N) is 1. The number of hydrogen-bond donors (Lipinski definition) is 1. The van der Waals surface area contributed by atoms with Crippen LogP contribution in [0.2, 0.25) is 0 Å². The van der Waals surface area contributed by atoms with Crippen LogP contribution in [0.5, 0.6) is 5.88 Å². The summed E-state index contributed by atoms with van der Waals surface area (Å²) in [7, 11) is 3.73. The van der Waals surface area contributed by atoms with E-state index in [0.717, 1.165) is 47.0 Å². The second-order valence-corrected chi connectivity index (χ2v) is 7.88. The number of fused-ring (bicyclic) bond motifs is 1. The molecule has 180 valence electrons. The third-order valence-corrected chi connectivity index (χ3v) is 5.48. The lowest BCUT2D eigenvalue weighted by molar-refractivity contribution is 0.384. The Kier molecular flexibility index (Phi) is 8.46. The van der Waals surface area contributed by atoms with Gasteiger partial charge in [0.05, 0.1) is 11.1 Å². The Labute approximate surface area is 201 Å². The molecule has 0 atom stereocenters. The lowest BCUT2D eigenvalue weighted by atomic mass is 9.95. The highest BCUT2D eigenvalue weighted by Gasteiger charge is 2.19. The lowest BCUT2D eigenvalue weighted by Gasteiger charge is -2.12. The van der Waals surface area contributed by atoms with Gasteiger partial charge in [-0.1, -0.05) is 39.3 Å². The normalized spacial score (nSPS) is 11.0. The molecule has 3 aromatic heterocycles.